The van der Waals surface area contributed by atoms with Crippen LogP contribution < -0.4 is 11.1 Å². The summed E-state index contributed by atoms with van der Waals surface area (Å²) in [6.07, 6.45) is 0. The van der Waals surface area contributed by atoms with Gasteiger partial charge in [0.05, 0.1) is 13.6 Å². The van der Waals surface area contributed by atoms with Crippen molar-refractivity contribution in [3.05, 3.63) is 16.4 Å². The van der Waals surface area contributed by atoms with Crippen LogP contribution in [-0.4, -0.2) is 113 Å². The second-order valence-corrected chi connectivity index (χ2v) is 12.7. The summed E-state index contributed by atoms with van der Waals surface area (Å²) in [6.45, 7) is 2.55. The maximum atomic E-state index is 12.9. The van der Waals surface area contributed by atoms with Gasteiger partial charge in [-0.2, -0.15) is 9.36 Å². The summed E-state index contributed by atoms with van der Waals surface area (Å²) in [5.74, 6) is -1.33. The number of likely N-dealkylation sites (tertiary alicyclic amines) is 1. The smallest absolute Gasteiger partial charge is 0.353 e. The van der Waals surface area contributed by atoms with Crippen molar-refractivity contribution in [3.8, 4) is 0 Å². The average molecular weight is 558 g/mol. The van der Waals surface area contributed by atoms with E-state index in [1.54, 1.807) is 11.8 Å². The number of fused-ring (bicyclic) bond motifs is 1. The van der Waals surface area contributed by atoms with Crippen molar-refractivity contribution in [2.45, 2.75) is 16.7 Å². The number of β-lactam (4-membered cyclic amide) rings is 1. The number of carboxylic acids is 1. The molecule has 5 heterocycles. The van der Waals surface area contributed by atoms with Gasteiger partial charge in [-0.1, -0.05) is 5.16 Å². The number of nitrogens with one attached hydrogen (secondary N) is 1. The molecular weight excluding hydrogens is 537 g/mol. The first-order valence-electron chi connectivity index (χ1n) is 10.4. The minimum absolute atomic E-state index is 0.0343. The number of oxime groups is 1. The van der Waals surface area contributed by atoms with E-state index in [1.807, 2.05) is 0 Å². The van der Waals surface area contributed by atoms with Crippen molar-refractivity contribution in [3.63, 3.8) is 0 Å². The monoisotopic (exact) mass is 557 g/mol. The second-order valence-electron chi connectivity index (χ2n) is 8.36. The fourth-order valence-corrected chi connectivity index (χ4v) is 8.96. The van der Waals surface area contributed by atoms with Crippen molar-refractivity contribution in [2.75, 3.05) is 43.9 Å². The van der Waals surface area contributed by atoms with E-state index in [9.17, 15) is 24.7 Å². The van der Waals surface area contributed by atoms with Gasteiger partial charge in [0.15, 0.2) is 5.13 Å². The predicted molar refractivity (Wildman–Crippen MR) is 134 cm³/mol. The predicted octanol–water partition coefficient (Wildman–Crippen LogP) is -0.340. The third kappa shape index (κ3) is 4.28. The standard InChI is InChI=1S/C18H20N8O5S4/c1-26(18-20-2-3-32-18)4-7(5-26)34-8-6-33-15-10(14(28)25(15)11(8)16(29)30)21-13(27)9(23-31)12-22-17(19)35-24-12/h7,10,15H,2-6H2,1H3,(H4-,19,21,22,24,27,29,30,31)/p+1/t7?,10-,15-,26?/m1/s1. The molecule has 17 heteroatoms. The molecule has 1 aromatic rings. The van der Waals surface area contributed by atoms with Crippen LogP contribution in [0.15, 0.2) is 20.8 Å². The zero-order chi connectivity index (χ0) is 24.9. The van der Waals surface area contributed by atoms with Crippen LogP contribution in [0.2, 0.25) is 0 Å². The fourth-order valence-electron chi connectivity index (χ4n) is 4.34. The number of carbonyl (C=O) groups excluding carboxylic acids is 2. The van der Waals surface area contributed by atoms with Gasteiger partial charge in [0.1, 0.15) is 35.5 Å². The third-order valence-electron chi connectivity index (χ3n) is 5.94. The number of carbonyl (C=O) groups is 3. The summed E-state index contributed by atoms with van der Waals surface area (Å²) in [6, 6.07) is -0.970. The van der Waals surface area contributed by atoms with Crippen LogP contribution >= 0.6 is 46.8 Å². The molecule has 0 spiro atoms. The molecule has 0 aromatic carbocycles. The molecule has 2 amide bonds. The number of hydrogen-bond acceptors (Lipinski definition) is 13. The molecule has 35 heavy (non-hydrogen) atoms. The van der Waals surface area contributed by atoms with Crippen LogP contribution in [-0.2, 0) is 14.4 Å². The van der Waals surface area contributed by atoms with Gasteiger partial charge in [-0.05, 0) is 11.8 Å². The molecule has 0 radical (unpaired) electrons. The van der Waals surface area contributed by atoms with Gasteiger partial charge in [0.2, 0.25) is 11.5 Å². The highest BCUT2D eigenvalue weighted by Crippen LogP contribution is 2.46. The Morgan fingerprint density at radius 2 is 2.14 bits per heavy atom. The van der Waals surface area contributed by atoms with E-state index in [0.29, 0.717) is 10.7 Å². The second kappa shape index (κ2) is 9.27. The van der Waals surface area contributed by atoms with E-state index in [1.165, 1.54) is 28.4 Å². The highest BCUT2D eigenvalue weighted by molar-refractivity contribution is 8.13. The van der Waals surface area contributed by atoms with Gasteiger partial charge in [-0.25, -0.2) is 9.79 Å². The Kier molecular flexibility index (Phi) is 6.45. The lowest BCUT2D eigenvalue weighted by Crippen LogP contribution is -2.71. The highest BCUT2D eigenvalue weighted by Gasteiger charge is 2.55. The maximum absolute atomic E-state index is 12.9. The zero-order valence-electron chi connectivity index (χ0n) is 18.3. The number of anilines is 1. The molecule has 4 aliphatic heterocycles. The lowest BCUT2D eigenvalue weighted by Gasteiger charge is -2.50. The summed E-state index contributed by atoms with van der Waals surface area (Å²) >= 11 is 5.49. The van der Waals surface area contributed by atoms with E-state index in [0.717, 1.165) is 46.6 Å². The quantitative estimate of drug-likeness (QED) is 0.118. The number of amides is 2. The minimum atomic E-state index is -1.18. The third-order valence-corrected chi connectivity index (χ3v) is 10.4. The summed E-state index contributed by atoms with van der Waals surface area (Å²) in [5, 5.41) is 25.5. The number of rotatable bonds is 6. The summed E-state index contributed by atoms with van der Waals surface area (Å²) in [7, 11) is 2.14. The first kappa shape index (κ1) is 24.4. The van der Waals surface area contributed by atoms with Crippen molar-refractivity contribution in [2.24, 2.45) is 10.1 Å². The lowest BCUT2D eigenvalue weighted by molar-refractivity contribution is -0.855. The first-order chi connectivity index (χ1) is 16.7. The van der Waals surface area contributed by atoms with Crippen molar-refractivity contribution in [1.29, 1.82) is 0 Å². The number of nitrogen functional groups attached to an aromatic ring is 1. The molecule has 13 nitrogen and oxygen atoms in total. The lowest BCUT2D eigenvalue weighted by atomic mass is 10.0. The molecule has 0 saturated carbocycles. The van der Waals surface area contributed by atoms with Crippen molar-refractivity contribution < 1.29 is 29.2 Å². The zero-order valence-corrected chi connectivity index (χ0v) is 21.5. The van der Waals surface area contributed by atoms with Crippen LogP contribution in [0.5, 0.6) is 0 Å². The molecular formula is C18H21N8O5S4+. The Morgan fingerprint density at radius 3 is 2.74 bits per heavy atom. The van der Waals surface area contributed by atoms with Gasteiger partial charge in [-0.3, -0.25) is 19.0 Å². The van der Waals surface area contributed by atoms with Gasteiger partial charge in [0, 0.05) is 27.9 Å². The van der Waals surface area contributed by atoms with E-state index < -0.39 is 34.9 Å². The molecule has 4 aliphatic rings. The summed E-state index contributed by atoms with van der Waals surface area (Å²) < 4.78 is 4.60. The summed E-state index contributed by atoms with van der Waals surface area (Å²) in [4.78, 5) is 47.9. The summed E-state index contributed by atoms with van der Waals surface area (Å²) in [5.41, 5.74) is 5.00. The Balaban J connectivity index is 1.26. The topological polar surface area (TPSA) is 183 Å². The largest absolute Gasteiger partial charge is 0.477 e. The molecule has 5 N–H and O–H groups in total. The van der Waals surface area contributed by atoms with Gasteiger partial charge >= 0.3 is 5.97 Å². The number of aliphatic carboxylic acids is 1. The Hall–Kier alpha value is -2.34. The Bertz CT molecular complexity index is 1190. The van der Waals surface area contributed by atoms with E-state index in [4.69, 9.17) is 5.73 Å². The van der Waals surface area contributed by atoms with E-state index >= 15 is 0 Å². The highest BCUT2D eigenvalue weighted by atomic mass is 32.2. The van der Waals surface area contributed by atoms with Crippen LogP contribution in [0.25, 0.3) is 0 Å². The van der Waals surface area contributed by atoms with Crippen LogP contribution in [0.3, 0.4) is 0 Å². The number of nitrogens with two attached hydrogens (primary N) is 1. The number of quaternary nitrogens is 1. The van der Waals surface area contributed by atoms with E-state index in [-0.39, 0.29) is 21.9 Å². The molecule has 2 saturated heterocycles. The Labute approximate surface area is 216 Å². The molecule has 5 rings (SSSR count). The van der Waals surface area contributed by atoms with Gasteiger partial charge in [-0.15, -0.1) is 23.5 Å². The van der Waals surface area contributed by atoms with Gasteiger partial charge in [0.25, 0.3) is 17.0 Å². The number of aliphatic imine (C=N–C) groups is 1. The molecule has 186 valence electrons. The minimum Gasteiger partial charge on any atom is -0.477 e. The normalized spacial score (nSPS) is 30.4. The molecule has 2 atom stereocenters. The molecule has 0 unspecified atom stereocenters. The van der Waals surface area contributed by atoms with Crippen LogP contribution in [0.1, 0.15) is 5.82 Å². The molecule has 0 aliphatic carbocycles. The van der Waals surface area contributed by atoms with E-state index in [2.05, 4.69) is 31.9 Å². The molecule has 2 fully saturated rings. The van der Waals surface area contributed by atoms with Gasteiger partial charge < -0.3 is 21.4 Å². The average Bonchev–Trinajstić information content (AvgIpc) is 3.49. The SMILES string of the molecule is C[N+]1(C2=NCCS2)CC(SC2=C(C(=O)O)N3C(=O)[C@@H](NC(=O)/C(=N\O)c4nsc(N)n4)[C@H]3SC2)C1. The van der Waals surface area contributed by atoms with Crippen LogP contribution in [0, 0.1) is 0 Å². The maximum Gasteiger partial charge on any atom is 0.353 e. The van der Waals surface area contributed by atoms with Crippen LogP contribution in [0.4, 0.5) is 5.13 Å². The van der Waals surface area contributed by atoms with Crippen molar-refractivity contribution in [1.82, 2.24) is 19.6 Å². The number of amidine groups is 1. The Morgan fingerprint density at radius 1 is 1.37 bits per heavy atom. The molecule has 0 bridgehead atoms. The number of nitrogens with zero attached hydrogens (tertiary/aromatic N) is 6. The molecule has 1 aromatic heterocycles. The number of aromatic nitrogens is 2. The number of carboxylic acid groups (broad SMARTS) is 1. The first-order valence-corrected chi connectivity index (χ1v) is 14.1. The fraction of sp³-hybridized carbons (Fsp3) is 0.500. The number of hydrogen-bond donors (Lipinski definition) is 4. The van der Waals surface area contributed by atoms with Crippen molar-refractivity contribution >= 4 is 80.6 Å². The number of thioether (sulfide) groups is 3.